The molecule has 1 aromatic carbocycles. The molecule has 0 amide bonds. The molecule has 0 aliphatic heterocycles. The van der Waals surface area contributed by atoms with Crippen LogP contribution in [0.2, 0.25) is 0 Å². The lowest BCUT2D eigenvalue weighted by Crippen LogP contribution is -2.09. The Kier molecular flexibility index (Phi) is 4.08. The first kappa shape index (κ1) is 14.1. The third-order valence-electron chi connectivity index (χ3n) is 2.51. The van der Waals surface area contributed by atoms with Crippen molar-refractivity contribution < 1.29 is 13.9 Å². The fourth-order valence-corrected chi connectivity index (χ4v) is 1.61. The minimum atomic E-state index is -0.444. The van der Waals surface area contributed by atoms with Gasteiger partial charge in [-0.2, -0.15) is 4.98 Å². The highest BCUT2D eigenvalue weighted by Gasteiger charge is 2.10. The summed E-state index contributed by atoms with van der Waals surface area (Å²) < 4.78 is 24.5. The van der Waals surface area contributed by atoms with Gasteiger partial charge in [-0.15, -0.1) is 0 Å². The van der Waals surface area contributed by atoms with Crippen LogP contribution in [-0.2, 0) is 0 Å². The molecule has 5 heteroatoms. The van der Waals surface area contributed by atoms with Crippen LogP contribution in [0.1, 0.15) is 19.4 Å². The number of benzene rings is 1. The van der Waals surface area contributed by atoms with Crippen LogP contribution in [-0.4, -0.2) is 11.1 Å². The number of halogens is 1. The Morgan fingerprint density at radius 1 is 1.20 bits per heavy atom. The topological polar surface area (TPSA) is 57.4 Å². The molecule has 0 spiro atoms. The maximum absolute atomic E-state index is 13.6. The highest BCUT2D eigenvalue weighted by Crippen LogP contribution is 2.28. The number of hydrogen-bond donors (Lipinski definition) is 1. The first-order chi connectivity index (χ1) is 9.45. The third-order valence-corrected chi connectivity index (χ3v) is 2.51. The molecule has 106 valence electrons. The van der Waals surface area contributed by atoms with Crippen LogP contribution >= 0.6 is 0 Å². The Balaban J connectivity index is 2.27. The van der Waals surface area contributed by atoms with Crippen LogP contribution in [0.5, 0.6) is 17.5 Å². The molecule has 2 rings (SSSR count). The summed E-state index contributed by atoms with van der Waals surface area (Å²) in [7, 11) is 0. The predicted molar refractivity (Wildman–Crippen MR) is 75.6 cm³/mol. The summed E-state index contributed by atoms with van der Waals surface area (Å²) in [5, 5.41) is 0. The molecule has 20 heavy (non-hydrogen) atoms. The number of aromatic nitrogens is 1. The molecule has 0 aliphatic carbocycles. The molecule has 2 aromatic rings. The molecule has 0 radical (unpaired) electrons. The number of nitrogens with zero attached hydrogens (tertiary/aromatic N) is 1. The molecule has 4 nitrogen and oxygen atoms in total. The Labute approximate surface area is 117 Å². The molecule has 2 N–H and O–H groups in total. The quantitative estimate of drug-likeness (QED) is 0.925. The van der Waals surface area contributed by atoms with Crippen molar-refractivity contribution >= 4 is 5.69 Å². The van der Waals surface area contributed by atoms with E-state index in [0.717, 1.165) is 5.56 Å². The molecule has 0 saturated heterocycles. The largest absolute Gasteiger partial charge is 0.473 e. The SMILES string of the molecule is Cc1ccc(F)c(Oc2ccc(N)c(OC(C)C)n2)c1. The summed E-state index contributed by atoms with van der Waals surface area (Å²) in [6, 6.07) is 7.83. The second-order valence-corrected chi connectivity index (χ2v) is 4.75. The van der Waals surface area contributed by atoms with Crippen molar-refractivity contribution in [1.82, 2.24) is 4.98 Å². The first-order valence-corrected chi connectivity index (χ1v) is 6.33. The van der Waals surface area contributed by atoms with Gasteiger partial charge in [0.1, 0.15) is 0 Å². The second kappa shape index (κ2) is 5.77. The summed E-state index contributed by atoms with van der Waals surface area (Å²) in [6.07, 6.45) is -0.0595. The maximum atomic E-state index is 13.6. The molecule has 0 unspecified atom stereocenters. The van der Waals surface area contributed by atoms with Crippen LogP contribution < -0.4 is 15.2 Å². The summed E-state index contributed by atoms with van der Waals surface area (Å²) >= 11 is 0. The number of rotatable bonds is 4. The van der Waals surface area contributed by atoms with Crippen molar-refractivity contribution in [2.75, 3.05) is 5.73 Å². The number of hydrogen-bond acceptors (Lipinski definition) is 4. The van der Waals surface area contributed by atoms with E-state index in [4.69, 9.17) is 15.2 Å². The number of nitrogens with two attached hydrogens (primary N) is 1. The number of nitrogen functional groups attached to an aromatic ring is 1. The fraction of sp³-hybridized carbons (Fsp3) is 0.267. The number of aryl methyl sites for hydroxylation is 1. The molecule has 0 atom stereocenters. The smallest absolute Gasteiger partial charge is 0.240 e. The van der Waals surface area contributed by atoms with Gasteiger partial charge in [0.05, 0.1) is 11.8 Å². The molecule has 0 fully saturated rings. The van der Waals surface area contributed by atoms with E-state index in [1.165, 1.54) is 6.07 Å². The van der Waals surface area contributed by atoms with Gasteiger partial charge in [-0.05, 0) is 44.5 Å². The lowest BCUT2D eigenvalue weighted by molar-refractivity contribution is 0.232. The Bertz CT molecular complexity index is 615. The van der Waals surface area contributed by atoms with E-state index in [1.54, 1.807) is 24.3 Å². The highest BCUT2D eigenvalue weighted by atomic mass is 19.1. The van der Waals surface area contributed by atoms with Gasteiger partial charge >= 0.3 is 0 Å². The Morgan fingerprint density at radius 3 is 2.65 bits per heavy atom. The summed E-state index contributed by atoms with van der Waals surface area (Å²) in [6.45, 7) is 5.60. The highest BCUT2D eigenvalue weighted by molar-refractivity contribution is 5.50. The van der Waals surface area contributed by atoms with E-state index in [-0.39, 0.29) is 23.6 Å². The zero-order valence-electron chi connectivity index (χ0n) is 11.7. The van der Waals surface area contributed by atoms with Gasteiger partial charge in [-0.1, -0.05) is 6.07 Å². The number of anilines is 1. The first-order valence-electron chi connectivity index (χ1n) is 6.33. The van der Waals surface area contributed by atoms with E-state index in [9.17, 15) is 4.39 Å². The van der Waals surface area contributed by atoms with Gasteiger partial charge in [0, 0.05) is 6.07 Å². The zero-order chi connectivity index (χ0) is 14.7. The Hall–Kier alpha value is -2.30. The van der Waals surface area contributed by atoms with Gasteiger partial charge in [0.25, 0.3) is 0 Å². The van der Waals surface area contributed by atoms with Gasteiger partial charge in [-0.25, -0.2) is 4.39 Å². The van der Waals surface area contributed by atoms with E-state index in [1.807, 2.05) is 20.8 Å². The van der Waals surface area contributed by atoms with Crippen LogP contribution in [0, 0.1) is 12.7 Å². The zero-order valence-corrected chi connectivity index (χ0v) is 11.7. The van der Waals surface area contributed by atoms with Crippen molar-refractivity contribution in [1.29, 1.82) is 0 Å². The molecular formula is C15H17FN2O2. The Morgan fingerprint density at radius 2 is 1.95 bits per heavy atom. The van der Waals surface area contributed by atoms with Gasteiger partial charge < -0.3 is 15.2 Å². The fourth-order valence-electron chi connectivity index (χ4n) is 1.61. The van der Waals surface area contributed by atoms with Crippen molar-refractivity contribution in [2.24, 2.45) is 0 Å². The van der Waals surface area contributed by atoms with E-state index < -0.39 is 5.82 Å². The van der Waals surface area contributed by atoms with Crippen LogP contribution in [0.15, 0.2) is 30.3 Å². The summed E-state index contributed by atoms with van der Waals surface area (Å²) in [5.74, 6) is 0.197. The lowest BCUT2D eigenvalue weighted by Gasteiger charge is -2.12. The molecule has 0 aliphatic rings. The van der Waals surface area contributed by atoms with Crippen LogP contribution in [0.4, 0.5) is 10.1 Å². The van der Waals surface area contributed by atoms with E-state index in [0.29, 0.717) is 5.69 Å². The number of pyridine rings is 1. The minimum Gasteiger partial charge on any atom is -0.473 e. The van der Waals surface area contributed by atoms with Crippen molar-refractivity contribution in [3.05, 3.63) is 41.7 Å². The minimum absolute atomic E-state index is 0.0595. The molecule has 0 bridgehead atoms. The van der Waals surface area contributed by atoms with Crippen molar-refractivity contribution in [2.45, 2.75) is 26.9 Å². The maximum Gasteiger partial charge on any atom is 0.240 e. The van der Waals surface area contributed by atoms with Crippen LogP contribution in [0.25, 0.3) is 0 Å². The monoisotopic (exact) mass is 276 g/mol. The van der Waals surface area contributed by atoms with E-state index >= 15 is 0 Å². The molecule has 1 heterocycles. The lowest BCUT2D eigenvalue weighted by atomic mass is 10.2. The molecule has 0 saturated carbocycles. The average molecular weight is 276 g/mol. The molecular weight excluding hydrogens is 259 g/mol. The van der Waals surface area contributed by atoms with Crippen LogP contribution in [0.3, 0.4) is 0 Å². The summed E-state index contributed by atoms with van der Waals surface area (Å²) in [4.78, 5) is 4.14. The van der Waals surface area contributed by atoms with E-state index in [2.05, 4.69) is 4.98 Å². The normalized spacial score (nSPS) is 10.7. The average Bonchev–Trinajstić information content (AvgIpc) is 2.37. The van der Waals surface area contributed by atoms with Gasteiger partial charge in [0.15, 0.2) is 11.6 Å². The third kappa shape index (κ3) is 3.38. The van der Waals surface area contributed by atoms with Crippen molar-refractivity contribution in [3.8, 4) is 17.5 Å². The van der Waals surface area contributed by atoms with Gasteiger partial charge in [0.2, 0.25) is 11.8 Å². The molecule has 1 aromatic heterocycles. The van der Waals surface area contributed by atoms with Crippen molar-refractivity contribution in [3.63, 3.8) is 0 Å². The summed E-state index contributed by atoms with van der Waals surface area (Å²) in [5.41, 5.74) is 7.08. The second-order valence-electron chi connectivity index (χ2n) is 4.75. The number of ether oxygens (including phenoxy) is 2. The van der Waals surface area contributed by atoms with Gasteiger partial charge in [-0.3, -0.25) is 0 Å². The predicted octanol–water partition coefficient (Wildman–Crippen LogP) is 3.69. The standard InChI is InChI=1S/C15H17FN2O2/c1-9(2)19-15-12(17)6-7-14(18-15)20-13-8-10(3)4-5-11(13)16/h4-9H,17H2,1-3H3.